The average Bonchev–Trinajstić information content (AvgIpc) is 2.49. The number of benzene rings is 1. The molecule has 0 unspecified atom stereocenters. The summed E-state index contributed by atoms with van der Waals surface area (Å²) in [5.74, 6) is 0. The molecule has 0 aliphatic carbocycles. The van der Waals surface area contributed by atoms with E-state index < -0.39 is 0 Å². The molecule has 0 radical (unpaired) electrons. The summed E-state index contributed by atoms with van der Waals surface area (Å²) in [5, 5.41) is 3.32. The number of nitrogens with zero attached hydrogens (tertiary/aromatic N) is 2. The number of aromatic nitrogens is 2. The van der Waals surface area contributed by atoms with Crippen LogP contribution in [0.3, 0.4) is 0 Å². The number of rotatable bonds is 4. The van der Waals surface area contributed by atoms with Gasteiger partial charge in [-0.1, -0.05) is 35.9 Å². The molecule has 0 spiro atoms. The Morgan fingerprint density at radius 1 is 1.10 bits per heavy atom. The lowest BCUT2D eigenvalue weighted by Crippen LogP contribution is -2.19. The van der Waals surface area contributed by atoms with E-state index in [1.165, 1.54) is 11.1 Å². The molecule has 21 heavy (non-hydrogen) atoms. The van der Waals surface area contributed by atoms with Crippen molar-refractivity contribution in [1.82, 2.24) is 14.7 Å². The first-order valence-corrected chi connectivity index (χ1v) is 6.96. The maximum atomic E-state index is 12.0. The standard InChI is InChI=1S/C17H17N3O/c1-13-5-7-14(8-6-13)11-18-12-15-10-17(21)20-9-3-2-4-16(20)19-15/h2-10,18H,11-12H2,1H3. The molecule has 0 saturated heterocycles. The number of hydrogen-bond donors (Lipinski definition) is 1. The molecule has 0 bridgehead atoms. The van der Waals surface area contributed by atoms with E-state index >= 15 is 0 Å². The average molecular weight is 279 g/mol. The highest BCUT2D eigenvalue weighted by atomic mass is 16.1. The number of fused-ring (bicyclic) bond motifs is 1. The predicted octanol–water partition coefficient (Wildman–Crippen LogP) is 2.29. The third kappa shape index (κ3) is 3.17. The monoisotopic (exact) mass is 279 g/mol. The summed E-state index contributed by atoms with van der Waals surface area (Å²) in [6.45, 7) is 3.41. The Bertz CT molecular complexity index is 806. The van der Waals surface area contributed by atoms with Crippen molar-refractivity contribution in [3.05, 3.63) is 81.9 Å². The van der Waals surface area contributed by atoms with Gasteiger partial charge < -0.3 is 5.32 Å². The van der Waals surface area contributed by atoms with Gasteiger partial charge in [0, 0.05) is 25.4 Å². The third-order valence-electron chi connectivity index (χ3n) is 3.38. The van der Waals surface area contributed by atoms with Gasteiger partial charge in [0.15, 0.2) is 0 Å². The second-order valence-electron chi connectivity index (χ2n) is 5.10. The number of aryl methyl sites for hydroxylation is 1. The maximum absolute atomic E-state index is 12.0. The van der Waals surface area contributed by atoms with Crippen molar-refractivity contribution in [3.63, 3.8) is 0 Å². The molecule has 0 aliphatic rings. The van der Waals surface area contributed by atoms with Crippen LogP contribution in [0.4, 0.5) is 0 Å². The highest BCUT2D eigenvalue weighted by molar-refractivity contribution is 5.38. The second-order valence-corrected chi connectivity index (χ2v) is 5.10. The molecule has 106 valence electrons. The van der Waals surface area contributed by atoms with Crippen LogP contribution in [0, 0.1) is 6.92 Å². The molecular weight excluding hydrogens is 262 g/mol. The van der Waals surface area contributed by atoms with Crippen LogP contribution in [0.5, 0.6) is 0 Å². The maximum Gasteiger partial charge on any atom is 0.258 e. The van der Waals surface area contributed by atoms with Gasteiger partial charge in [-0.25, -0.2) is 4.98 Å². The van der Waals surface area contributed by atoms with Gasteiger partial charge in [0.25, 0.3) is 5.56 Å². The van der Waals surface area contributed by atoms with E-state index in [0.717, 1.165) is 12.2 Å². The lowest BCUT2D eigenvalue weighted by Gasteiger charge is -2.06. The smallest absolute Gasteiger partial charge is 0.258 e. The van der Waals surface area contributed by atoms with Crippen LogP contribution in [-0.2, 0) is 13.1 Å². The normalized spacial score (nSPS) is 10.9. The SMILES string of the molecule is Cc1ccc(CNCc2cc(=O)n3ccccc3n2)cc1. The van der Waals surface area contributed by atoms with Crippen LogP contribution in [0.1, 0.15) is 16.8 Å². The van der Waals surface area contributed by atoms with Crippen LogP contribution in [0.15, 0.2) is 59.5 Å². The molecule has 0 saturated carbocycles. The summed E-state index contributed by atoms with van der Waals surface area (Å²) in [6.07, 6.45) is 1.73. The summed E-state index contributed by atoms with van der Waals surface area (Å²) in [5.41, 5.74) is 3.87. The first-order valence-electron chi connectivity index (χ1n) is 6.96. The van der Waals surface area contributed by atoms with Crippen LogP contribution < -0.4 is 10.9 Å². The first kappa shape index (κ1) is 13.5. The minimum atomic E-state index is -0.0484. The lowest BCUT2D eigenvalue weighted by molar-refractivity contribution is 0.678. The molecule has 1 N–H and O–H groups in total. The molecule has 4 nitrogen and oxygen atoms in total. The minimum absolute atomic E-state index is 0.0484. The third-order valence-corrected chi connectivity index (χ3v) is 3.38. The van der Waals surface area contributed by atoms with Crippen molar-refractivity contribution < 1.29 is 0 Å². The fourth-order valence-corrected chi connectivity index (χ4v) is 2.23. The van der Waals surface area contributed by atoms with Gasteiger partial charge in [0.1, 0.15) is 5.65 Å². The molecule has 2 heterocycles. The Morgan fingerprint density at radius 3 is 2.71 bits per heavy atom. The van der Waals surface area contributed by atoms with E-state index in [4.69, 9.17) is 0 Å². The molecule has 3 aromatic rings. The molecule has 4 heteroatoms. The van der Waals surface area contributed by atoms with E-state index in [2.05, 4.69) is 41.5 Å². The Balaban J connectivity index is 1.70. The zero-order chi connectivity index (χ0) is 14.7. The van der Waals surface area contributed by atoms with Crippen molar-refractivity contribution in [2.75, 3.05) is 0 Å². The van der Waals surface area contributed by atoms with Gasteiger partial charge in [-0.05, 0) is 24.6 Å². The van der Waals surface area contributed by atoms with Crippen molar-refractivity contribution >= 4 is 5.65 Å². The van der Waals surface area contributed by atoms with E-state index in [9.17, 15) is 4.79 Å². The summed E-state index contributed by atoms with van der Waals surface area (Å²) in [7, 11) is 0. The summed E-state index contributed by atoms with van der Waals surface area (Å²) >= 11 is 0. The molecule has 0 fully saturated rings. The fourth-order valence-electron chi connectivity index (χ4n) is 2.23. The van der Waals surface area contributed by atoms with Gasteiger partial charge in [-0.2, -0.15) is 0 Å². The van der Waals surface area contributed by atoms with E-state index in [1.807, 2.05) is 18.2 Å². The van der Waals surface area contributed by atoms with Gasteiger partial charge in [0.2, 0.25) is 0 Å². The second kappa shape index (κ2) is 5.89. The molecule has 0 aliphatic heterocycles. The summed E-state index contributed by atoms with van der Waals surface area (Å²) < 4.78 is 1.55. The van der Waals surface area contributed by atoms with Crippen LogP contribution in [0.25, 0.3) is 5.65 Å². The van der Waals surface area contributed by atoms with Crippen molar-refractivity contribution in [2.24, 2.45) is 0 Å². The van der Waals surface area contributed by atoms with Gasteiger partial charge >= 0.3 is 0 Å². The molecule has 2 aromatic heterocycles. The Morgan fingerprint density at radius 2 is 1.90 bits per heavy atom. The van der Waals surface area contributed by atoms with E-state index in [1.54, 1.807) is 16.7 Å². The summed E-state index contributed by atoms with van der Waals surface area (Å²) in [4.78, 5) is 16.4. The van der Waals surface area contributed by atoms with Crippen LogP contribution in [-0.4, -0.2) is 9.38 Å². The first-order chi connectivity index (χ1) is 10.2. The van der Waals surface area contributed by atoms with Gasteiger partial charge in [-0.15, -0.1) is 0 Å². The molecular formula is C17H17N3O. The number of pyridine rings is 1. The van der Waals surface area contributed by atoms with E-state index in [0.29, 0.717) is 12.2 Å². The Hall–Kier alpha value is -2.46. The Kier molecular flexibility index (Phi) is 3.79. The van der Waals surface area contributed by atoms with Crippen molar-refractivity contribution in [2.45, 2.75) is 20.0 Å². The topological polar surface area (TPSA) is 46.4 Å². The van der Waals surface area contributed by atoms with Gasteiger partial charge in [-0.3, -0.25) is 9.20 Å². The zero-order valence-electron chi connectivity index (χ0n) is 11.9. The van der Waals surface area contributed by atoms with Crippen molar-refractivity contribution in [1.29, 1.82) is 0 Å². The molecule has 1 aromatic carbocycles. The quantitative estimate of drug-likeness (QED) is 0.797. The fraction of sp³-hybridized carbons (Fsp3) is 0.176. The van der Waals surface area contributed by atoms with Crippen LogP contribution in [0.2, 0.25) is 0 Å². The number of hydrogen-bond acceptors (Lipinski definition) is 3. The van der Waals surface area contributed by atoms with Crippen molar-refractivity contribution in [3.8, 4) is 0 Å². The Labute approximate surface area is 123 Å². The minimum Gasteiger partial charge on any atom is -0.307 e. The van der Waals surface area contributed by atoms with E-state index in [-0.39, 0.29) is 5.56 Å². The molecule has 0 amide bonds. The largest absolute Gasteiger partial charge is 0.307 e. The lowest BCUT2D eigenvalue weighted by atomic mass is 10.1. The van der Waals surface area contributed by atoms with Crippen LogP contribution >= 0.6 is 0 Å². The number of nitrogens with one attached hydrogen (secondary N) is 1. The molecule has 0 atom stereocenters. The highest BCUT2D eigenvalue weighted by Gasteiger charge is 2.01. The molecule has 3 rings (SSSR count). The predicted molar refractivity (Wildman–Crippen MR) is 83.2 cm³/mol. The summed E-state index contributed by atoms with van der Waals surface area (Å²) in [6, 6.07) is 15.5. The zero-order valence-corrected chi connectivity index (χ0v) is 11.9. The highest BCUT2D eigenvalue weighted by Crippen LogP contribution is 2.03. The van der Waals surface area contributed by atoms with Gasteiger partial charge in [0.05, 0.1) is 5.69 Å².